The smallest absolute Gasteiger partial charge is 0.139 e. The highest BCUT2D eigenvalue weighted by Crippen LogP contribution is 2.35. The van der Waals surface area contributed by atoms with Crippen LogP contribution in [0.1, 0.15) is 26.3 Å². The Morgan fingerprint density at radius 2 is 1.74 bits per heavy atom. The van der Waals surface area contributed by atoms with Gasteiger partial charge in [0.05, 0.1) is 5.02 Å². The summed E-state index contributed by atoms with van der Waals surface area (Å²) in [6.45, 7) is 6.62. The van der Waals surface area contributed by atoms with Crippen molar-refractivity contribution >= 4 is 49.8 Å². The minimum Gasteiger partial charge on any atom is -0.340 e. The maximum atomic E-state index is 6.38. The maximum Gasteiger partial charge on any atom is 0.139 e. The van der Waals surface area contributed by atoms with Crippen LogP contribution in [0.15, 0.2) is 53.1 Å². The van der Waals surface area contributed by atoms with Gasteiger partial charge < -0.3 is 5.32 Å². The van der Waals surface area contributed by atoms with Crippen molar-refractivity contribution in [2.75, 3.05) is 5.32 Å². The summed E-state index contributed by atoms with van der Waals surface area (Å²) in [6.07, 6.45) is 1.80. The lowest BCUT2D eigenvalue weighted by molar-refractivity contribution is 0.590. The van der Waals surface area contributed by atoms with Gasteiger partial charge in [-0.05, 0) is 45.1 Å². The molecule has 0 bridgehead atoms. The fourth-order valence-electron chi connectivity index (χ4n) is 2.50. The number of nitrogens with zero attached hydrogens (tertiary/aromatic N) is 1. The molecular formula is C19H18BrClN2. The Morgan fingerprint density at radius 3 is 2.39 bits per heavy atom. The van der Waals surface area contributed by atoms with Crippen LogP contribution in [-0.4, -0.2) is 4.98 Å². The molecule has 0 fully saturated rings. The molecule has 0 atom stereocenters. The van der Waals surface area contributed by atoms with Crippen molar-refractivity contribution in [1.82, 2.24) is 4.98 Å². The third-order valence-electron chi connectivity index (χ3n) is 3.83. The topological polar surface area (TPSA) is 24.9 Å². The van der Waals surface area contributed by atoms with Crippen molar-refractivity contribution in [3.05, 3.63) is 63.7 Å². The van der Waals surface area contributed by atoms with Crippen molar-refractivity contribution in [1.29, 1.82) is 0 Å². The van der Waals surface area contributed by atoms with Crippen LogP contribution in [0.25, 0.3) is 10.8 Å². The number of pyridine rings is 1. The zero-order valence-corrected chi connectivity index (χ0v) is 15.7. The number of aromatic nitrogens is 1. The summed E-state index contributed by atoms with van der Waals surface area (Å²) < 4.78 is 0.934. The predicted molar refractivity (Wildman–Crippen MR) is 103 cm³/mol. The van der Waals surface area contributed by atoms with E-state index >= 15 is 0 Å². The zero-order chi connectivity index (χ0) is 16.6. The van der Waals surface area contributed by atoms with Gasteiger partial charge in [0.1, 0.15) is 5.82 Å². The van der Waals surface area contributed by atoms with Gasteiger partial charge in [-0.1, -0.05) is 56.6 Å². The summed E-state index contributed by atoms with van der Waals surface area (Å²) in [7, 11) is 0. The van der Waals surface area contributed by atoms with Gasteiger partial charge in [0.15, 0.2) is 0 Å². The molecular weight excluding hydrogens is 372 g/mol. The Hall–Kier alpha value is -1.58. The van der Waals surface area contributed by atoms with Crippen LogP contribution in [0.3, 0.4) is 0 Å². The molecule has 0 radical (unpaired) electrons. The monoisotopic (exact) mass is 388 g/mol. The Morgan fingerprint density at radius 1 is 1.04 bits per heavy atom. The molecule has 0 aliphatic carbocycles. The summed E-state index contributed by atoms with van der Waals surface area (Å²) in [5.74, 6) is 0.761. The van der Waals surface area contributed by atoms with E-state index < -0.39 is 0 Å². The van der Waals surface area contributed by atoms with E-state index in [2.05, 4.69) is 71.3 Å². The lowest BCUT2D eigenvalue weighted by Crippen LogP contribution is -2.10. The van der Waals surface area contributed by atoms with Crippen molar-refractivity contribution < 1.29 is 0 Å². The van der Waals surface area contributed by atoms with Crippen LogP contribution in [-0.2, 0) is 5.41 Å². The molecule has 1 N–H and O–H groups in total. The van der Waals surface area contributed by atoms with E-state index in [0.717, 1.165) is 26.8 Å². The fourth-order valence-corrected chi connectivity index (χ4v) is 3.20. The molecule has 4 heteroatoms. The highest BCUT2D eigenvalue weighted by Gasteiger charge is 2.14. The van der Waals surface area contributed by atoms with Crippen molar-refractivity contribution in [3.8, 4) is 0 Å². The molecule has 0 amide bonds. The van der Waals surface area contributed by atoms with Crippen LogP contribution in [0, 0.1) is 0 Å². The number of hydrogen-bond acceptors (Lipinski definition) is 2. The van der Waals surface area contributed by atoms with E-state index in [1.165, 1.54) is 5.56 Å². The van der Waals surface area contributed by atoms with Crippen molar-refractivity contribution in [2.45, 2.75) is 26.2 Å². The third-order valence-corrected chi connectivity index (χ3v) is 4.78. The Labute approximate surface area is 150 Å². The molecule has 23 heavy (non-hydrogen) atoms. The normalized spacial score (nSPS) is 11.7. The summed E-state index contributed by atoms with van der Waals surface area (Å²) in [6, 6.07) is 14.3. The van der Waals surface area contributed by atoms with E-state index in [9.17, 15) is 0 Å². The zero-order valence-electron chi connectivity index (χ0n) is 13.3. The van der Waals surface area contributed by atoms with E-state index in [4.69, 9.17) is 11.6 Å². The van der Waals surface area contributed by atoms with Crippen LogP contribution < -0.4 is 5.32 Å². The summed E-state index contributed by atoms with van der Waals surface area (Å²) in [5.41, 5.74) is 2.44. The molecule has 3 rings (SSSR count). The van der Waals surface area contributed by atoms with Crippen LogP contribution in [0.2, 0.25) is 5.02 Å². The number of benzene rings is 2. The standard InChI is InChI=1S/C19H18BrClN2/c1-19(2,3)12-7-9-13(10-8-12)23-18-17-14(15(20)11-22-18)5-4-6-16(17)21/h4-11H,1-3H3,(H,22,23). The number of fused-ring (bicyclic) bond motifs is 1. The van der Waals surface area contributed by atoms with E-state index in [-0.39, 0.29) is 5.41 Å². The molecule has 0 aliphatic rings. The molecule has 0 unspecified atom stereocenters. The lowest BCUT2D eigenvalue weighted by Gasteiger charge is -2.19. The Bertz CT molecular complexity index is 852. The summed E-state index contributed by atoms with van der Waals surface area (Å²) >= 11 is 9.92. The van der Waals surface area contributed by atoms with Crippen LogP contribution >= 0.6 is 27.5 Å². The minimum atomic E-state index is 0.143. The highest BCUT2D eigenvalue weighted by molar-refractivity contribution is 9.10. The summed E-state index contributed by atoms with van der Waals surface area (Å²) in [5, 5.41) is 6.03. The Kier molecular flexibility index (Phi) is 4.35. The van der Waals surface area contributed by atoms with E-state index in [0.29, 0.717) is 5.02 Å². The van der Waals surface area contributed by atoms with Gasteiger partial charge in [-0.2, -0.15) is 0 Å². The molecule has 0 aliphatic heterocycles. The first-order chi connectivity index (χ1) is 10.9. The van der Waals surface area contributed by atoms with Crippen molar-refractivity contribution in [3.63, 3.8) is 0 Å². The average Bonchev–Trinajstić information content (AvgIpc) is 2.50. The molecule has 2 nitrogen and oxygen atoms in total. The van der Waals surface area contributed by atoms with Gasteiger partial charge in [-0.3, -0.25) is 0 Å². The molecule has 0 saturated heterocycles. The second-order valence-electron chi connectivity index (χ2n) is 6.57. The number of anilines is 2. The second-order valence-corrected chi connectivity index (χ2v) is 7.83. The quantitative estimate of drug-likeness (QED) is 0.528. The minimum absolute atomic E-state index is 0.143. The number of rotatable bonds is 2. The molecule has 1 heterocycles. The first-order valence-corrected chi connectivity index (χ1v) is 8.63. The number of nitrogens with one attached hydrogen (secondary N) is 1. The molecule has 0 spiro atoms. The maximum absolute atomic E-state index is 6.38. The number of hydrogen-bond donors (Lipinski definition) is 1. The SMILES string of the molecule is CC(C)(C)c1ccc(Nc2ncc(Br)c3cccc(Cl)c23)cc1. The van der Waals surface area contributed by atoms with E-state index in [1.54, 1.807) is 6.20 Å². The van der Waals surface area contributed by atoms with Gasteiger partial charge in [0.2, 0.25) is 0 Å². The molecule has 0 saturated carbocycles. The molecule has 2 aromatic carbocycles. The van der Waals surface area contributed by atoms with Gasteiger partial charge in [-0.15, -0.1) is 0 Å². The van der Waals surface area contributed by atoms with Gasteiger partial charge in [0.25, 0.3) is 0 Å². The lowest BCUT2D eigenvalue weighted by atomic mass is 9.87. The molecule has 3 aromatic rings. The summed E-state index contributed by atoms with van der Waals surface area (Å²) in [4.78, 5) is 4.49. The van der Waals surface area contributed by atoms with Crippen molar-refractivity contribution in [2.24, 2.45) is 0 Å². The highest BCUT2D eigenvalue weighted by atomic mass is 79.9. The first kappa shape index (κ1) is 16.3. The molecule has 1 aromatic heterocycles. The number of halogens is 2. The van der Waals surface area contributed by atoms with Gasteiger partial charge >= 0.3 is 0 Å². The van der Waals surface area contributed by atoms with Gasteiger partial charge in [0, 0.05) is 27.1 Å². The van der Waals surface area contributed by atoms with Crippen LogP contribution in [0.5, 0.6) is 0 Å². The first-order valence-electron chi connectivity index (χ1n) is 7.46. The van der Waals surface area contributed by atoms with Gasteiger partial charge in [-0.25, -0.2) is 4.98 Å². The second kappa shape index (κ2) is 6.14. The Balaban J connectivity index is 2.01. The molecule has 118 valence electrons. The third kappa shape index (κ3) is 3.36. The fraction of sp³-hybridized carbons (Fsp3) is 0.211. The van der Waals surface area contributed by atoms with E-state index in [1.807, 2.05) is 18.2 Å². The predicted octanol–water partition coefficient (Wildman–Crippen LogP) is 6.69. The average molecular weight is 390 g/mol. The largest absolute Gasteiger partial charge is 0.340 e. The van der Waals surface area contributed by atoms with Crippen LogP contribution in [0.4, 0.5) is 11.5 Å².